The first-order chi connectivity index (χ1) is 15.7. The van der Waals surface area contributed by atoms with Crippen LogP contribution in [0.3, 0.4) is 0 Å². The fraction of sp³-hybridized carbons (Fsp3) is 0.0800. The zero-order chi connectivity index (χ0) is 21.9. The van der Waals surface area contributed by atoms with Crippen LogP contribution in [0.25, 0.3) is 11.7 Å². The summed E-state index contributed by atoms with van der Waals surface area (Å²) in [5.41, 5.74) is 3.38. The molecule has 0 unspecified atom stereocenters. The van der Waals surface area contributed by atoms with Crippen molar-refractivity contribution in [3.05, 3.63) is 102 Å². The Labute approximate surface area is 184 Å². The molecular formula is C25H19N3O4. The first-order valence-electron chi connectivity index (χ1n) is 10.0. The Kier molecular flexibility index (Phi) is 5.13. The van der Waals surface area contributed by atoms with Gasteiger partial charge in [-0.1, -0.05) is 30.3 Å². The second kappa shape index (κ2) is 8.39. The summed E-state index contributed by atoms with van der Waals surface area (Å²) in [7, 11) is 1.56. The van der Waals surface area contributed by atoms with Gasteiger partial charge >= 0.3 is 5.97 Å². The Balaban J connectivity index is 1.29. The highest BCUT2D eigenvalue weighted by molar-refractivity contribution is 6.13. The quantitative estimate of drug-likeness (QED) is 0.341. The van der Waals surface area contributed by atoms with E-state index in [0.717, 1.165) is 16.9 Å². The number of cyclic esters (lactones) is 1. The van der Waals surface area contributed by atoms with Gasteiger partial charge in [-0.15, -0.1) is 0 Å². The molecule has 0 spiro atoms. The molecule has 2 aromatic heterocycles. The molecule has 0 aliphatic carbocycles. The Bertz CT molecular complexity index is 1320. The zero-order valence-corrected chi connectivity index (χ0v) is 17.3. The molecule has 1 aliphatic heterocycles. The average Bonchev–Trinajstić information content (AvgIpc) is 3.41. The smallest absolute Gasteiger partial charge is 0.363 e. The van der Waals surface area contributed by atoms with Crippen LogP contribution in [-0.2, 0) is 16.1 Å². The summed E-state index contributed by atoms with van der Waals surface area (Å²) in [5, 5.41) is 0. The van der Waals surface area contributed by atoms with Crippen LogP contribution in [0.2, 0.25) is 0 Å². The third-order valence-corrected chi connectivity index (χ3v) is 4.94. The lowest BCUT2D eigenvalue weighted by Crippen LogP contribution is -2.06. The Morgan fingerprint density at radius 2 is 1.84 bits per heavy atom. The summed E-state index contributed by atoms with van der Waals surface area (Å²) in [4.78, 5) is 21.1. The van der Waals surface area contributed by atoms with Crippen molar-refractivity contribution >= 4 is 23.6 Å². The van der Waals surface area contributed by atoms with Crippen LogP contribution in [0.15, 0.2) is 89.8 Å². The molecule has 3 heterocycles. The molecular weight excluding hydrogens is 406 g/mol. The van der Waals surface area contributed by atoms with Crippen molar-refractivity contribution in [2.45, 2.75) is 6.61 Å². The van der Waals surface area contributed by atoms with Crippen molar-refractivity contribution in [2.75, 3.05) is 7.11 Å². The molecule has 0 amide bonds. The number of methoxy groups -OCH3 is 1. The molecule has 158 valence electrons. The maximum atomic E-state index is 12.3. The summed E-state index contributed by atoms with van der Waals surface area (Å²) in [6, 6.07) is 20.5. The fourth-order valence-electron chi connectivity index (χ4n) is 3.38. The van der Waals surface area contributed by atoms with Gasteiger partial charge in [0, 0.05) is 12.4 Å². The summed E-state index contributed by atoms with van der Waals surface area (Å²) < 4.78 is 18.5. The minimum atomic E-state index is -0.502. The summed E-state index contributed by atoms with van der Waals surface area (Å²) in [5.74, 6) is 1.02. The van der Waals surface area contributed by atoms with E-state index in [4.69, 9.17) is 14.2 Å². The fourth-order valence-corrected chi connectivity index (χ4v) is 3.38. The van der Waals surface area contributed by atoms with Crippen molar-refractivity contribution in [1.29, 1.82) is 0 Å². The highest BCUT2D eigenvalue weighted by Crippen LogP contribution is 2.25. The normalized spacial score (nSPS) is 14.5. The molecule has 0 radical (unpaired) electrons. The van der Waals surface area contributed by atoms with Crippen LogP contribution in [0.5, 0.6) is 11.5 Å². The van der Waals surface area contributed by atoms with Gasteiger partial charge in [0.05, 0.1) is 18.4 Å². The molecule has 0 N–H and O–H groups in total. The summed E-state index contributed by atoms with van der Waals surface area (Å²) in [6.45, 7) is 0.362. The number of carbonyl (C=O) groups is 1. The highest BCUT2D eigenvalue weighted by Gasteiger charge is 2.26. The van der Waals surface area contributed by atoms with Crippen LogP contribution in [0.1, 0.15) is 16.8 Å². The van der Waals surface area contributed by atoms with Crippen LogP contribution < -0.4 is 9.47 Å². The molecule has 0 atom stereocenters. The maximum Gasteiger partial charge on any atom is 0.363 e. The standard InChI is InChI=1S/C25H19N3O4/c1-30-22-7-3-2-6-20(22)24-27-21(25(29)32-24)14-17-9-11-19(12-10-17)31-16-18-15-28-13-5-4-8-23(28)26-18/h2-15H,16H2,1H3. The molecule has 0 saturated carbocycles. The Hall–Kier alpha value is -4.39. The van der Waals surface area contributed by atoms with Crippen molar-refractivity contribution in [1.82, 2.24) is 9.38 Å². The highest BCUT2D eigenvalue weighted by atomic mass is 16.6. The van der Waals surface area contributed by atoms with Crippen LogP contribution in [-0.4, -0.2) is 28.4 Å². The van der Waals surface area contributed by atoms with Gasteiger partial charge in [0.15, 0.2) is 5.70 Å². The number of benzene rings is 2. The van der Waals surface area contributed by atoms with Crippen LogP contribution in [0.4, 0.5) is 0 Å². The predicted octanol–water partition coefficient (Wildman–Crippen LogP) is 4.27. The molecule has 2 aromatic carbocycles. The molecule has 1 aliphatic rings. The van der Waals surface area contributed by atoms with Gasteiger partial charge in [-0.25, -0.2) is 14.8 Å². The average molecular weight is 425 g/mol. The lowest BCUT2D eigenvalue weighted by molar-refractivity contribution is -0.129. The Morgan fingerprint density at radius 1 is 1.03 bits per heavy atom. The number of imidazole rings is 1. The second-order valence-electron chi connectivity index (χ2n) is 7.09. The van der Waals surface area contributed by atoms with E-state index in [1.165, 1.54) is 0 Å². The van der Waals surface area contributed by atoms with Gasteiger partial charge in [0.1, 0.15) is 23.8 Å². The first kappa shape index (κ1) is 19.6. The number of carbonyl (C=O) groups excluding carboxylic acids is 1. The molecule has 32 heavy (non-hydrogen) atoms. The third kappa shape index (κ3) is 3.96. The minimum Gasteiger partial charge on any atom is -0.496 e. The number of aliphatic imine (C=N–C) groups is 1. The van der Waals surface area contributed by atoms with Gasteiger partial charge in [-0.3, -0.25) is 0 Å². The van der Waals surface area contributed by atoms with Crippen molar-refractivity contribution in [3.8, 4) is 11.5 Å². The Morgan fingerprint density at radius 3 is 2.66 bits per heavy atom. The monoisotopic (exact) mass is 425 g/mol. The van der Waals surface area contributed by atoms with Gasteiger partial charge in [0.25, 0.3) is 0 Å². The van der Waals surface area contributed by atoms with Crippen molar-refractivity contribution < 1.29 is 19.0 Å². The van der Waals surface area contributed by atoms with Crippen molar-refractivity contribution in [3.63, 3.8) is 0 Å². The number of pyridine rings is 1. The molecule has 7 heteroatoms. The lowest BCUT2D eigenvalue weighted by atomic mass is 10.2. The number of fused-ring (bicyclic) bond motifs is 1. The van der Waals surface area contributed by atoms with E-state index in [-0.39, 0.29) is 11.6 Å². The number of hydrogen-bond acceptors (Lipinski definition) is 6. The van der Waals surface area contributed by atoms with E-state index in [1.807, 2.05) is 71.4 Å². The number of hydrogen-bond donors (Lipinski definition) is 0. The number of para-hydroxylation sites is 1. The number of ether oxygens (including phenoxy) is 3. The van der Waals surface area contributed by atoms with E-state index >= 15 is 0 Å². The number of aromatic nitrogens is 2. The SMILES string of the molecule is COc1ccccc1C1=NC(=Cc2ccc(OCc3cn4ccccc4n3)cc2)C(=O)O1. The zero-order valence-electron chi connectivity index (χ0n) is 17.3. The van der Waals surface area contributed by atoms with Crippen LogP contribution >= 0.6 is 0 Å². The van der Waals surface area contributed by atoms with Crippen LogP contribution in [0, 0.1) is 0 Å². The first-order valence-corrected chi connectivity index (χ1v) is 10.0. The molecule has 0 fully saturated rings. The van der Waals surface area contributed by atoms with Gasteiger partial charge in [-0.05, 0) is 48.0 Å². The summed E-state index contributed by atoms with van der Waals surface area (Å²) in [6.07, 6.45) is 5.57. The van der Waals surface area contributed by atoms with Crippen molar-refractivity contribution in [2.24, 2.45) is 4.99 Å². The molecule has 4 aromatic rings. The predicted molar refractivity (Wildman–Crippen MR) is 120 cm³/mol. The third-order valence-electron chi connectivity index (χ3n) is 4.94. The molecule has 0 saturated heterocycles. The number of rotatable bonds is 6. The van der Waals surface area contributed by atoms with E-state index in [1.54, 1.807) is 25.3 Å². The van der Waals surface area contributed by atoms with Gasteiger partial charge in [-0.2, -0.15) is 0 Å². The topological polar surface area (TPSA) is 74.4 Å². The molecule has 7 nitrogen and oxygen atoms in total. The molecule has 0 bridgehead atoms. The van der Waals surface area contributed by atoms with E-state index in [0.29, 0.717) is 23.7 Å². The number of esters is 1. The molecule has 5 rings (SSSR count). The largest absolute Gasteiger partial charge is 0.496 e. The van der Waals surface area contributed by atoms with E-state index in [9.17, 15) is 4.79 Å². The van der Waals surface area contributed by atoms with Gasteiger partial charge < -0.3 is 18.6 Å². The summed E-state index contributed by atoms with van der Waals surface area (Å²) >= 11 is 0. The maximum absolute atomic E-state index is 12.3. The van der Waals surface area contributed by atoms with Gasteiger partial charge in [0.2, 0.25) is 5.90 Å². The number of nitrogens with zero attached hydrogens (tertiary/aromatic N) is 3. The van der Waals surface area contributed by atoms with E-state index in [2.05, 4.69) is 9.98 Å². The minimum absolute atomic E-state index is 0.226. The second-order valence-corrected chi connectivity index (χ2v) is 7.09. The van der Waals surface area contributed by atoms with E-state index < -0.39 is 5.97 Å². The lowest BCUT2D eigenvalue weighted by Gasteiger charge is -2.05.